The number of nitrogens with zero attached hydrogens (tertiary/aromatic N) is 3. The molecule has 1 aromatic heterocycles. The molecule has 2 aromatic rings. The van der Waals surface area contributed by atoms with Crippen LogP contribution in [0.2, 0.25) is 10.0 Å². The van der Waals surface area contributed by atoms with Gasteiger partial charge in [0, 0.05) is 31.4 Å². The summed E-state index contributed by atoms with van der Waals surface area (Å²) in [5.74, 6) is 0. The molecule has 0 radical (unpaired) electrons. The van der Waals surface area contributed by atoms with Crippen molar-refractivity contribution in [2.45, 2.75) is 19.0 Å². The minimum Gasteiger partial charge on any atom is -0.324 e. The van der Waals surface area contributed by atoms with E-state index in [1.165, 1.54) is 5.56 Å². The van der Waals surface area contributed by atoms with Crippen LogP contribution in [0.15, 0.2) is 30.6 Å². The smallest absolute Gasteiger partial charge is 0.0640 e. The Morgan fingerprint density at radius 3 is 2.81 bits per heavy atom. The predicted molar refractivity (Wildman–Crippen MR) is 87.5 cm³/mol. The molecule has 0 bridgehead atoms. The average Bonchev–Trinajstić information content (AvgIpc) is 2.84. The SMILES string of the molecule is CN(CCC(N)c1cccc(Cl)c1Cl)Cc1cnn(C)c1. The van der Waals surface area contributed by atoms with Gasteiger partial charge >= 0.3 is 0 Å². The number of nitrogens with two attached hydrogens (primary N) is 1. The van der Waals surface area contributed by atoms with Crippen LogP contribution in [0.3, 0.4) is 0 Å². The van der Waals surface area contributed by atoms with E-state index in [0.717, 1.165) is 25.1 Å². The summed E-state index contributed by atoms with van der Waals surface area (Å²) in [6.45, 7) is 1.72. The molecule has 0 aliphatic heterocycles. The monoisotopic (exact) mass is 326 g/mol. The fraction of sp³-hybridized carbons (Fsp3) is 0.400. The first kappa shape index (κ1) is 16.3. The van der Waals surface area contributed by atoms with Gasteiger partial charge < -0.3 is 10.6 Å². The van der Waals surface area contributed by atoms with Crippen LogP contribution in [0.1, 0.15) is 23.6 Å². The number of hydrogen-bond acceptors (Lipinski definition) is 3. The van der Waals surface area contributed by atoms with E-state index in [4.69, 9.17) is 28.9 Å². The molecule has 0 spiro atoms. The van der Waals surface area contributed by atoms with E-state index in [1.807, 2.05) is 31.6 Å². The van der Waals surface area contributed by atoms with Gasteiger partial charge in [-0.15, -0.1) is 0 Å². The molecule has 0 saturated heterocycles. The second-order valence-electron chi connectivity index (χ2n) is 5.30. The highest BCUT2D eigenvalue weighted by Gasteiger charge is 2.13. The molecule has 2 rings (SSSR count). The highest BCUT2D eigenvalue weighted by atomic mass is 35.5. The zero-order valence-electron chi connectivity index (χ0n) is 12.3. The standard InChI is InChI=1S/C15H20Cl2N4/c1-20(9-11-8-19-21(2)10-11)7-6-14(18)12-4-3-5-13(16)15(12)17/h3-5,8,10,14H,6-7,9,18H2,1-2H3. The van der Waals surface area contributed by atoms with Gasteiger partial charge in [-0.2, -0.15) is 5.10 Å². The first-order chi connectivity index (χ1) is 9.97. The molecule has 1 heterocycles. The zero-order chi connectivity index (χ0) is 15.4. The van der Waals surface area contributed by atoms with Crippen LogP contribution in [0.5, 0.6) is 0 Å². The van der Waals surface area contributed by atoms with E-state index < -0.39 is 0 Å². The van der Waals surface area contributed by atoms with Crippen molar-refractivity contribution < 1.29 is 0 Å². The molecule has 0 aliphatic carbocycles. The first-order valence-electron chi connectivity index (χ1n) is 6.83. The van der Waals surface area contributed by atoms with Crippen LogP contribution < -0.4 is 5.73 Å². The summed E-state index contributed by atoms with van der Waals surface area (Å²) < 4.78 is 1.81. The van der Waals surface area contributed by atoms with Crippen LogP contribution in [0.25, 0.3) is 0 Å². The highest BCUT2D eigenvalue weighted by Crippen LogP contribution is 2.30. The normalized spacial score (nSPS) is 12.9. The van der Waals surface area contributed by atoms with Crippen molar-refractivity contribution >= 4 is 23.2 Å². The molecule has 1 aromatic carbocycles. The molecule has 1 atom stereocenters. The fourth-order valence-electron chi connectivity index (χ4n) is 2.27. The summed E-state index contributed by atoms with van der Waals surface area (Å²) in [5.41, 5.74) is 8.32. The van der Waals surface area contributed by atoms with Gasteiger partial charge in [0.1, 0.15) is 0 Å². The summed E-state index contributed by atoms with van der Waals surface area (Å²) in [5, 5.41) is 5.27. The summed E-state index contributed by atoms with van der Waals surface area (Å²) in [6, 6.07) is 5.46. The van der Waals surface area contributed by atoms with Crippen LogP contribution in [-0.2, 0) is 13.6 Å². The molecule has 21 heavy (non-hydrogen) atoms. The Kier molecular flexibility index (Phi) is 5.65. The molecule has 0 aliphatic rings. The van der Waals surface area contributed by atoms with Crippen molar-refractivity contribution in [3.63, 3.8) is 0 Å². The van der Waals surface area contributed by atoms with Gasteiger partial charge in [-0.1, -0.05) is 35.3 Å². The maximum absolute atomic E-state index is 6.22. The summed E-state index contributed by atoms with van der Waals surface area (Å²) in [7, 11) is 3.99. The quantitative estimate of drug-likeness (QED) is 0.886. The first-order valence-corrected chi connectivity index (χ1v) is 7.58. The van der Waals surface area contributed by atoms with Crippen LogP contribution >= 0.6 is 23.2 Å². The minimum absolute atomic E-state index is 0.118. The molecule has 6 heteroatoms. The van der Waals surface area contributed by atoms with E-state index in [-0.39, 0.29) is 6.04 Å². The average molecular weight is 327 g/mol. The molecule has 114 valence electrons. The van der Waals surface area contributed by atoms with Gasteiger partial charge in [0.15, 0.2) is 0 Å². The highest BCUT2D eigenvalue weighted by molar-refractivity contribution is 6.42. The van der Waals surface area contributed by atoms with Crippen LogP contribution in [-0.4, -0.2) is 28.3 Å². The lowest BCUT2D eigenvalue weighted by Gasteiger charge is -2.20. The van der Waals surface area contributed by atoms with E-state index in [1.54, 1.807) is 10.7 Å². The molecule has 0 fully saturated rings. The van der Waals surface area contributed by atoms with Crippen molar-refractivity contribution in [3.05, 3.63) is 51.8 Å². The minimum atomic E-state index is -0.118. The van der Waals surface area contributed by atoms with Gasteiger partial charge in [-0.25, -0.2) is 0 Å². The van der Waals surface area contributed by atoms with Crippen molar-refractivity contribution in [1.82, 2.24) is 14.7 Å². The number of hydrogen-bond donors (Lipinski definition) is 1. The Morgan fingerprint density at radius 2 is 2.14 bits per heavy atom. The maximum Gasteiger partial charge on any atom is 0.0640 e. The van der Waals surface area contributed by atoms with Gasteiger partial charge in [0.05, 0.1) is 16.2 Å². The lowest BCUT2D eigenvalue weighted by atomic mass is 10.0. The third kappa shape index (κ3) is 4.45. The molecular formula is C15H20Cl2N4. The zero-order valence-corrected chi connectivity index (χ0v) is 13.8. The molecule has 1 unspecified atom stereocenters. The Labute approximate surface area is 135 Å². The summed E-state index contributed by atoms with van der Waals surface area (Å²) >= 11 is 12.2. The predicted octanol–water partition coefficient (Wildman–Crippen LogP) is 3.25. The Hall–Kier alpha value is -1.07. The number of benzene rings is 1. The molecular weight excluding hydrogens is 307 g/mol. The topological polar surface area (TPSA) is 47.1 Å². The van der Waals surface area contributed by atoms with Crippen molar-refractivity contribution in [2.75, 3.05) is 13.6 Å². The summed E-state index contributed by atoms with van der Waals surface area (Å²) in [6.07, 6.45) is 4.71. The van der Waals surface area contributed by atoms with E-state index in [2.05, 4.69) is 17.0 Å². The van der Waals surface area contributed by atoms with E-state index in [0.29, 0.717) is 10.0 Å². The number of aryl methyl sites for hydroxylation is 1. The number of aromatic nitrogens is 2. The van der Waals surface area contributed by atoms with Gasteiger partial charge in [0.2, 0.25) is 0 Å². The van der Waals surface area contributed by atoms with Crippen LogP contribution in [0, 0.1) is 0 Å². The van der Waals surface area contributed by atoms with E-state index >= 15 is 0 Å². The maximum atomic E-state index is 6.22. The third-order valence-electron chi connectivity index (χ3n) is 3.41. The third-order valence-corrected chi connectivity index (χ3v) is 4.25. The molecule has 4 nitrogen and oxygen atoms in total. The molecule has 2 N–H and O–H groups in total. The summed E-state index contributed by atoms with van der Waals surface area (Å²) in [4.78, 5) is 2.22. The van der Waals surface area contributed by atoms with Crippen molar-refractivity contribution in [3.8, 4) is 0 Å². The van der Waals surface area contributed by atoms with E-state index in [9.17, 15) is 0 Å². The Morgan fingerprint density at radius 1 is 1.38 bits per heavy atom. The molecule has 0 saturated carbocycles. The largest absolute Gasteiger partial charge is 0.324 e. The lowest BCUT2D eigenvalue weighted by molar-refractivity contribution is 0.311. The van der Waals surface area contributed by atoms with Gasteiger partial charge in [0.25, 0.3) is 0 Å². The van der Waals surface area contributed by atoms with Gasteiger partial charge in [-0.3, -0.25) is 4.68 Å². The lowest BCUT2D eigenvalue weighted by Crippen LogP contribution is -2.23. The second kappa shape index (κ2) is 7.27. The molecule has 0 amide bonds. The number of rotatable bonds is 6. The Bertz CT molecular complexity index is 597. The van der Waals surface area contributed by atoms with Crippen molar-refractivity contribution in [2.24, 2.45) is 12.8 Å². The van der Waals surface area contributed by atoms with Crippen LogP contribution in [0.4, 0.5) is 0 Å². The fourth-order valence-corrected chi connectivity index (χ4v) is 2.71. The second-order valence-corrected chi connectivity index (χ2v) is 6.08. The number of halogens is 2. The van der Waals surface area contributed by atoms with Crippen molar-refractivity contribution in [1.29, 1.82) is 0 Å². The Balaban J connectivity index is 1.88. The van der Waals surface area contributed by atoms with Gasteiger partial charge in [-0.05, 0) is 31.6 Å².